The third-order valence-electron chi connectivity index (χ3n) is 4.37. The number of rotatable bonds is 5. The number of hydrogen-bond donors (Lipinski definition) is 0. The molecule has 0 N–H and O–H groups in total. The molecule has 8 heteroatoms. The Morgan fingerprint density at radius 3 is 2.63 bits per heavy atom. The van der Waals surface area contributed by atoms with Gasteiger partial charge in [-0.05, 0) is 31.5 Å². The molecule has 1 saturated heterocycles. The number of hydrogen-bond acceptors (Lipinski definition) is 5. The summed E-state index contributed by atoms with van der Waals surface area (Å²) < 4.78 is 7.00. The second-order valence-corrected chi connectivity index (χ2v) is 7.22. The van der Waals surface area contributed by atoms with E-state index in [1.54, 1.807) is 22.9 Å². The van der Waals surface area contributed by atoms with Gasteiger partial charge in [-0.3, -0.25) is 9.36 Å². The number of carbonyl (C=O) groups is 2. The summed E-state index contributed by atoms with van der Waals surface area (Å²) in [6.45, 7) is 6.28. The van der Waals surface area contributed by atoms with Crippen molar-refractivity contribution < 1.29 is 14.3 Å². The van der Waals surface area contributed by atoms with E-state index in [0.29, 0.717) is 38.5 Å². The Morgan fingerprint density at radius 1 is 1.19 bits per heavy atom. The van der Waals surface area contributed by atoms with Gasteiger partial charge < -0.3 is 14.5 Å². The molecule has 0 atom stereocenters. The quantitative estimate of drug-likeness (QED) is 0.737. The fourth-order valence-corrected chi connectivity index (χ4v) is 3.82. The van der Waals surface area contributed by atoms with E-state index in [4.69, 9.17) is 4.74 Å². The lowest BCUT2D eigenvalue weighted by atomic mass is 10.2. The van der Waals surface area contributed by atoms with Crippen LogP contribution in [0.1, 0.15) is 12.5 Å². The number of carbonyl (C=O) groups excluding carboxylic acids is 2. The van der Waals surface area contributed by atoms with Gasteiger partial charge in [-0.25, -0.2) is 9.78 Å². The van der Waals surface area contributed by atoms with Crippen molar-refractivity contribution in [3.8, 4) is 5.69 Å². The number of ether oxygens (including phenoxy) is 1. The maximum absolute atomic E-state index is 12.5. The Balaban J connectivity index is 1.54. The number of thioether (sulfide) groups is 1. The first-order valence-corrected chi connectivity index (χ1v) is 9.99. The first-order valence-electron chi connectivity index (χ1n) is 9.01. The third-order valence-corrected chi connectivity index (χ3v) is 5.32. The summed E-state index contributed by atoms with van der Waals surface area (Å²) in [4.78, 5) is 32.1. The molecule has 7 nitrogen and oxygen atoms in total. The van der Waals surface area contributed by atoms with E-state index in [1.807, 2.05) is 35.9 Å². The van der Waals surface area contributed by atoms with Crippen LogP contribution in [0.2, 0.25) is 0 Å². The highest BCUT2D eigenvalue weighted by atomic mass is 32.2. The first kappa shape index (κ1) is 19.3. The van der Waals surface area contributed by atoms with E-state index < -0.39 is 0 Å². The van der Waals surface area contributed by atoms with Gasteiger partial charge in [-0.15, -0.1) is 0 Å². The van der Waals surface area contributed by atoms with Crippen molar-refractivity contribution in [3.05, 3.63) is 42.2 Å². The first-order chi connectivity index (χ1) is 13.1. The molecule has 3 rings (SSSR count). The summed E-state index contributed by atoms with van der Waals surface area (Å²) in [5.41, 5.74) is 2.21. The molecule has 1 aromatic carbocycles. The van der Waals surface area contributed by atoms with Crippen LogP contribution < -0.4 is 0 Å². The van der Waals surface area contributed by atoms with Crippen molar-refractivity contribution in [2.45, 2.75) is 19.0 Å². The van der Waals surface area contributed by atoms with Gasteiger partial charge in [-0.2, -0.15) is 0 Å². The van der Waals surface area contributed by atoms with Crippen LogP contribution in [0.25, 0.3) is 5.69 Å². The van der Waals surface area contributed by atoms with Gasteiger partial charge in [0.2, 0.25) is 5.91 Å². The van der Waals surface area contributed by atoms with Crippen molar-refractivity contribution in [3.63, 3.8) is 0 Å². The zero-order valence-electron chi connectivity index (χ0n) is 15.6. The number of aromatic nitrogens is 2. The van der Waals surface area contributed by atoms with Crippen LogP contribution in [-0.4, -0.2) is 69.9 Å². The van der Waals surface area contributed by atoms with Gasteiger partial charge >= 0.3 is 6.09 Å². The molecule has 144 valence electrons. The molecule has 0 saturated carbocycles. The highest BCUT2D eigenvalue weighted by molar-refractivity contribution is 7.99. The number of amides is 2. The Bertz CT molecular complexity index is 800. The largest absolute Gasteiger partial charge is 0.450 e. The van der Waals surface area contributed by atoms with Crippen LogP contribution in [0, 0.1) is 6.92 Å². The lowest BCUT2D eigenvalue weighted by molar-refractivity contribution is -0.129. The minimum absolute atomic E-state index is 0.0577. The molecule has 1 aliphatic rings. The van der Waals surface area contributed by atoms with Crippen molar-refractivity contribution >= 4 is 23.8 Å². The van der Waals surface area contributed by atoms with E-state index in [0.717, 1.165) is 10.8 Å². The van der Waals surface area contributed by atoms with E-state index in [2.05, 4.69) is 11.1 Å². The Hall–Kier alpha value is -2.48. The lowest BCUT2D eigenvalue weighted by Gasteiger charge is -2.34. The highest BCUT2D eigenvalue weighted by Crippen LogP contribution is 2.21. The zero-order chi connectivity index (χ0) is 19.2. The summed E-state index contributed by atoms with van der Waals surface area (Å²) in [5.74, 6) is 0.379. The number of benzene rings is 1. The van der Waals surface area contributed by atoms with Crippen molar-refractivity contribution in [2.24, 2.45) is 0 Å². The average molecular weight is 388 g/mol. The maximum atomic E-state index is 12.5. The number of piperazine rings is 1. The second-order valence-electron chi connectivity index (χ2n) is 6.27. The van der Waals surface area contributed by atoms with Gasteiger partial charge in [0.25, 0.3) is 0 Å². The SMILES string of the molecule is CCOC(=O)N1CCN(C(=O)CSc2nccn2-c2cccc(C)c2)CC1. The predicted molar refractivity (Wildman–Crippen MR) is 104 cm³/mol. The molecule has 1 fully saturated rings. The minimum Gasteiger partial charge on any atom is -0.450 e. The molecular weight excluding hydrogens is 364 g/mol. The third kappa shape index (κ3) is 4.82. The fourth-order valence-electron chi connectivity index (χ4n) is 2.94. The monoisotopic (exact) mass is 388 g/mol. The Labute approximate surface area is 163 Å². The molecule has 2 aromatic rings. The van der Waals surface area contributed by atoms with E-state index in [9.17, 15) is 9.59 Å². The molecule has 1 aliphatic heterocycles. The van der Waals surface area contributed by atoms with Gasteiger partial charge in [0.1, 0.15) is 0 Å². The number of imidazole rings is 1. The van der Waals surface area contributed by atoms with Gasteiger partial charge in [-0.1, -0.05) is 23.9 Å². The standard InChI is InChI=1S/C19H24N4O3S/c1-3-26-19(25)22-11-9-21(10-12-22)17(24)14-27-18-20-7-8-23(18)16-6-4-5-15(2)13-16/h4-8,13H,3,9-12,14H2,1-2H3. The van der Waals surface area contributed by atoms with Gasteiger partial charge in [0, 0.05) is 44.3 Å². The molecule has 27 heavy (non-hydrogen) atoms. The van der Waals surface area contributed by atoms with E-state index in [1.165, 1.54) is 17.3 Å². The topological polar surface area (TPSA) is 67.7 Å². The molecule has 0 spiro atoms. The van der Waals surface area contributed by atoms with Crippen LogP contribution in [0.15, 0.2) is 41.8 Å². The van der Waals surface area contributed by atoms with Gasteiger partial charge in [0.05, 0.1) is 12.4 Å². The van der Waals surface area contributed by atoms with Crippen molar-refractivity contribution in [1.82, 2.24) is 19.4 Å². The highest BCUT2D eigenvalue weighted by Gasteiger charge is 2.25. The molecule has 0 radical (unpaired) electrons. The number of aryl methyl sites for hydroxylation is 1. The van der Waals surface area contributed by atoms with E-state index >= 15 is 0 Å². The molecule has 1 aromatic heterocycles. The average Bonchev–Trinajstić information content (AvgIpc) is 3.15. The summed E-state index contributed by atoms with van der Waals surface area (Å²) >= 11 is 1.43. The summed E-state index contributed by atoms with van der Waals surface area (Å²) in [6, 6.07) is 8.16. The zero-order valence-corrected chi connectivity index (χ0v) is 16.4. The van der Waals surface area contributed by atoms with Crippen LogP contribution in [0.5, 0.6) is 0 Å². The molecule has 0 unspecified atom stereocenters. The van der Waals surface area contributed by atoms with Crippen molar-refractivity contribution in [1.29, 1.82) is 0 Å². The Kier molecular flexibility index (Phi) is 6.39. The summed E-state index contributed by atoms with van der Waals surface area (Å²) in [7, 11) is 0. The normalized spacial score (nSPS) is 14.3. The van der Waals surface area contributed by atoms with E-state index in [-0.39, 0.29) is 12.0 Å². The molecule has 0 aliphatic carbocycles. The molecular formula is C19H24N4O3S. The fraction of sp³-hybridized carbons (Fsp3) is 0.421. The maximum Gasteiger partial charge on any atom is 0.409 e. The molecule has 0 bridgehead atoms. The molecule has 2 heterocycles. The molecule has 2 amide bonds. The smallest absolute Gasteiger partial charge is 0.409 e. The Morgan fingerprint density at radius 2 is 1.93 bits per heavy atom. The summed E-state index contributed by atoms with van der Waals surface area (Å²) in [6.07, 6.45) is 3.34. The van der Waals surface area contributed by atoms with Crippen molar-refractivity contribution in [2.75, 3.05) is 38.5 Å². The second kappa shape index (κ2) is 8.94. The van der Waals surface area contributed by atoms with Crippen LogP contribution in [0.4, 0.5) is 4.79 Å². The summed E-state index contributed by atoms with van der Waals surface area (Å²) in [5, 5.41) is 0.791. The van der Waals surface area contributed by atoms with Crippen LogP contribution in [0.3, 0.4) is 0 Å². The minimum atomic E-state index is -0.306. The van der Waals surface area contributed by atoms with Gasteiger partial charge in [0.15, 0.2) is 5.16 Å². The van der Waals surface area contributed by atoms with Crippen LogP contribution in [-0.2, 0) is 9.53 Å². The van der Waals surface area contributed by atoms with Crippen LogP contribution >= 0.6 is 11.8 Å². The number of nitrogens with zero attached hydrogens (tertiary/aromatic N) is 4. The predicted octanol–water partition coefficient (Wildman–Crippen LogP) is 2.57. The lowest BCUT2D eigenvalue weighted by Crippen LogP contribution is -2.51.